The molecule has 0 saturated heterocycles. The van der Waals surface area contributed by atoms with E-state index in [1.807, 2.05) is 30.3 Å². The second-order valence-electron chi connectivity index (χ2n) is 10.1. The number of aromatic nitrogens is 3. The van der Waals surface area contributed by atoms with Gasteiger partial charge in [-0.3, -0.25) is 0 Å². The molecule has 2 aromatic heterocycles. The predicted octanol–water partition coefficient (Wildman–Crippen LogP) is 7.20. The van der Waals surface area contributed by atoms with Gasteiger partial charge in [0.05, 0.1) is 0 Å². The molecule has 1 aliphatic rings. The normalized spacial score (nSPS) is 13.9. The topological polar surface area (TPSA) is 43.5 Å². The van der Waals surface area contributed by atoms with Crippen molar-refractivity contribution in [2.24, 2.45) is 5.92 Å². The lowest BCUT2D eigenvalue weighted by Crippen LogP contribution is -2.29. The molecular formula is C31H38N4OS. The number of nitrogens with one attached hydrogen (secondary N) is 1. The molecule has 0 unspecified atom stereocenters. The van der Waals surface area contributed by atoms with Crippen molar-refractivity contribution in [2.75, 3.05) is 6.54 Å². The molecule has 4 aromatic rings. The van der Waals surface area contributed by atoms with Crippen LogP contribution in [0.25, 0.3) is 16.8 Å². The molecule has 0 radical (unpaired) electrons. The minimum Gasteiger partial charge on any atom is -0.486 e. The lowest BCUT2D eigenvalue weighted by atomic mass is 9.97. The molecule has 5 rings (SSSR count). The first kappa shape index (κ1) is 25.5. The standard InChI is InChI=1S/C31H38N4OS/c1-3-5-14-23(4-2)21-32-30(37)29-28(24-15-8-6-9-16-24)26-19-12-13-20-34-27(33-35(29)31(26)34)22-36-25-17-10-7-11-18-25/h6-11,15-18,23H,3-5,12-14,19-22H2,1-2H3,(H,32,37)/t23-/m0/s1. The highest BCUT2D eigenvalue weighted by molar-refractivity contribution is 7.80. The molecule has 1 N–H and O–H groups in total. The zero-order valence-electron chi connectivity index (χ0n) is 22.1. The van der Waals surface area contributed by atoms with E-state index in [0.717, 1.165) is 61.0 Å². The summed E-state index contributed by atoms with van der Waals surface area (Å²) in [6, 6.07) is 20.7. The third-order valence-corrected chi connectivity index (χ3v) is 7.88. The zero-order valence-corrected chi connectivity index (χ0v) is 22.9. The van der Waals surface area contributed by atoms with Crippen molar-refractivity contribution < 1.29 is 4.74 Å². The molecule has 0 aliphatic carbocycles. The van der Waals surface area contributed by atoms with Crippen LogP contribution >= 0.6 is 12.2 Å². The minimum atomic E-state index is 0.431. The van der Waals surface area contributed by atoms with Gasteiger partial charge in [-0.15, -0.1) is 5.10 Å². The Morgan fingerprint density at radius 1 is 1.05 bits per heavy atom. The van der Waals surface area contributed by atoms with E-state index in [1.165, 1.54) is 41.6 Å². The lowest BCUT2D eigenvalue weighted by Gasteiger charge is -2.17. The number of rotatable bonds is 11. The Kier molecular flexibility index (Phi) is 8.24. The summed E-state index contributed by atoms with van der Waals surface area (Å²) in [7, 11) is 0. The second kappa shape index (κ2) is 12.0. The van der Waals surface area contributed by atoms with Gasteiger partial charge >= 0.3 is 0 Å². The van der Waals surface area contributed by atoms with E-state index in [4.69, 9.17) is 22.1 Å². The monoisotopic (exact) mass is 514 g/mol. The first-order valence-electron chi connectivity index (χ1n) is 13.9. The fraction of sp³-hybridized carbons (Fsp3) is 0.419. The molecule has 0 spiro atoms. The summed E-state index contributed by atoms with van der Waals surface area (Å²) in [6.45, 7) is 6.81. The lowest BCUT2D eigenvalue weighted by molar-refractivity contribution is 0.288. The van der Waals surface area contributed by atoms with E-state index in [9.17, 15) is 0 Å². The summed E-state index contributed by atoms with van der Waals surface area (Å²) in [5, 5.41) is 8.78. The van der Waals surface area contributed by atoms with Gasteiger partial charge in [-0.05, 0) is 49.3 Å². The molecule has 0 bridgehead atoms. The van der Waals surface area contributed by atoms with Crippen molar-refractivity contribution in [3.8, 4) is 16.9 Å². The fourth-order valence-corrected chi connectivity index (χ4v) is 5.74. The maximum Gasteiger partial charge on any atom is 0.169 e. The van der Waals surface area contributed by atoms with Crippen molar-refractivity contribution in [2.45, 2.75) is 71.9 Å². The molecule has 3 heterocycles. The summed E-state index contributed by atoms with van der Waals surface area (Å²) in [6.07, 6.45) is 8.18. The van der Waals surface area contributed by atoms with Gasteiger partial charge in [0.1, 0.15) is 28.7 Å². The molecule has 0 amide bonds. The van der Waals surface area contributed by atoms with E-state index in [-0.39, 0.29) is 0 Å². The largest absolute Gasteiger partial charge is 0.486 e. The van der Waals surface area contributed by atoms with E-state index in [0.29, 0.717) is 12.5 Å². The molecule has 0 fully saturated rings. The third kappa shape index (κ3) is 5.45. The van der Waals surface area contributed by atoms with E-state index in [1.54, 1.807) is 0 Å². The number of benzene rings is 2. The molecule has 0 saturated carbocycles. The van der Waals surface area contributed by atoms with Gasteiger partial charge in [-0.2, -0.15) is 0 Å². The SMILES string of the molecule is CCCC[C@H](CC)CNC(=S)c1c(-c2ccccc2)c2c3n(c(COc4ccccc4)nn13)CCCC2. The highest BCUT2D eigenvalue weighted by Gasteiger charge is 2.29. The van der Waals surface area contributed by atoms with Crippen molar-refractivity contribution in [3.05, 3.63) is 77.7 Å². The average molecular weight is 515 g/mol. The summed E-state index contributed by atoms with van der Waals surface area (Å²) in [4.78, 5) is 0.788. The molecule has 6 heteroatoms. The van der Waals surface area contributed by atoms with Crippen LogP contribution in [0.1, 0.15) is 69.5 Å². The van der Waals surface area contributed by atoms with E-state index < -0.39 is 0 Å². The molecule has 5 nitrogen and oxygen atoms in total. The highest BCUT2D eigenvalue weighted by atomic mass is 32.1. The van der Waals surface area contributed by atoms with Gasteiger partial charge in [0.25, 0.3) is 0 Å². The number of unbranched alkanes of at least 4 members (excludes halogenated alkanes) is 1. The van der Waals surface area contributed by atoms with Crippen molar-refractivity contribution in [3.63, 3.8) is 0 Å². The molecule has 1 aliphatic heterocycles. The first-order valence-corrected chi connectivity index (χ1v) is 14.3. The summed E-state index contributed by atoms with van der Waals surface area (Å²) >= 11 is 6.11. The van der Waals surface area contributed by atoms with Crippen molar-refractivity contribution in [1.29, 1.82) is 0 Å². The smallest absolute Gasteiger partial charge is 0.169 e. The number of nitrogens with zero attached hydrogens (tertiary/aromatic N) is 3. The van der Waals surface area contributed by atoms with Crippen LogP contribution in [0.2, 0.25) is 0 Å². The van der Waals surface area contributed by atoms with Gasteiger partial charge in [0.15, 0.2) is 5.82 Å². The zero-order chi connectivity index (χ0) is 25.6. The Bertz CT molecular complexity index is 1330. The van der Waals surface area contributed by atoms with Crippen LogP contribution in [-0.4, -0.2) is 25.7 Å². The van der Waals surface area contributed by atoms with Gasteiger partial charge in [0, 0.05) is 24.2 Å². The van der Waals surface area contributed by atoms with Crippen LogP contribution < -0.4 is 10.1 Å². The van der Waals surface area contributed by atoms with Gasteiger partial charge in [-0.1, -0.05) is 93.9 Å². The van der Waals surface area contributed by atoms with Crippen molar-refractivity contribution >= 4 is 22.9 Å². The van der Waals surface area contributed by atoms with Crippen LogP contribution in [0.3, 0.4) is 0 Å². The summed E-state index contributed by atoms with van der Waals surface area (Å²) in [5.74, 6) is 2.43. The summed E-state index contributed by atoms with van der Waals surface area (Å²) in [5.41, 5.74) is 5.96. The van der Waals surface area contributed by atoms with Gasteiger partial charge < -0.3 is 14.6 Å². The Balaban J connectivity index is 1.56. The van der Waals surface area contributed by atoms with E-state index in [2.05, 4.69) is 58.6 Å². The number of aryl methyl sites for hydroxylation is 2. The molecule has 194 valence electrons. The highest BCUT2D eigenvalue weighted by Crippen LogP contribution is 2.37. The van der Waals surface area contributed by atoms with Crippen LogP contribution in [0.15, 0.2) is 60.7 Å². The van der Waals surface area contributed by atoms with Gasteiger partial charge in [-0.25, -0.2) is 4.52 Å². The Labute approximate surface area is 225 Å². The van der Waals surface area contributed by atoms with Gasteiger partial charge in [0.2, 0.25) is 0 Å². The number of thiocarbonyl (C=S) groups is 1. The Hall–Kier alpha value is -3.12. The third-order valence-electron chi connectivity index (χ3n) is 7.55. The second-order valence-corrected chi connectivity index (χ2v) is 10.5. The van der Waals surface area contributed by atoms with E-state index >= 15 is 0 Å². The van der Waals surface area contributed by atoms with Crippen LogP contribution in [-0.2, 0) is 19.6 Å². The Morgan fingerprint density at radius 2 is 1.81 bits per heavy atom. The van der Waals surface area contributed by atoms with Crippen LogP contribution in [0.5, 0.6) is 5.75 Å². The first-order chi connectivity index (χ1) is 18.2. The maximum atomic E-state index is 6.14. The molecule has 2 aromatic carbocycles. The van der Waals surface area contributed by atoms with Crippen LogP contribution in [0, 0.1) is 5.92 Å². The van der Waals surface area contributed by atoms with Crippen LogP contribution in [0.4, 0.5) is 0 Å². The maximum absolute atomic E-state index is 6.14. The summed E-state index contributed by atoms with van der Waals surface area (Å²) < 4.78 is 10.6. The number of para-hydroxylation sites is 1. The molecule has 1 atom stereocenters. The fourth-order valence-electron chi connectivity index (χ4n) is 5.47. The quantitative estimate of drug-likeness (QED) is 0.215. The molecule has 37 heavy (non-hydrogen) atoms. The Morgan fingerprint density at radius 3 is 2.54 bits per heavy atom. The number of ether oxygens (including phenoxy) is 1. The molecular weight excluding hydrogens is 476 g/mol. The minimum absolute atomic E-state index is 0.431. The van der Waals surface area contributed by atoms with Crippen molar-refractivity contribution in [1.82, 2.24) is 19.5 Å². The predicted molar refractivity (Wildman–Crippen MR) is 155 cm³/mol. The number of hydrogen-bond donors (Lipinski definition) is 1. The number of hydrogen-bond acceptors (Lipinski definition) is 3. The average Bonchev–Trinajstić information content (AvgIpc) is 3.34.